The van der Waals surface area contributed by atoms with Crippen LogP contribution in [0.25, 0.3) is 22.6 Å². The molecule has 0 bridgehead atoms. The van der Waals surface area contributed by atoms with Crippen LogP contribution in [-0.2, 0) is 14.6 Å². The summed E-state index contributed by atoms with van der Waals surface area (Å²) in [6.07, 6.45) is 2.74. The minimum Gasteiger partial charge on any atom is -0.461 e. The molecule has 9 heteroatoms. The van der Waals surface area contributed by atoms with Crippen LogP contribution < -0.4 is 11.1 Å². The predicted molar refractivity (Wildman–Crippen MR) is 94.7 cm³/mol. The highest BCUT2D eigenvalue weighted by Gasteiger charge is 2.16. The van der Waals surface area contributed by atoms with Crippen LogP contribution in [0.5, 0.6) is 0 Å². The van der Waals surface area contributed by atoms with E-state index in [1.165, 1.54) is 0 Å². The van der Waals surface area contributed by atoms with E-state index < -0.39 is 21.8 Å². The highest BCUT2D eigenvalue weighted by molar-refractivity contribution is 7.90. The summed E-state index contributed by atoms with van der Waals surface area (Å²) in [4.78, 5) is 19.6. The monoisotopic (exact) mass is 362 g/mol. The molecule has 1 atom stereocenters. The zero-order valence-electron chi connectivity index (χ0n) is 13.5. The molecular formula is C16H18N4O4S. The van der Waals surface area contributed by atoms with Crippen molar-refractivity contribution in [1.82, 2.24) is 9.97 Å². The van der Waals surface area contributed by atoms with E-state index in [0.717, 1.165) is 17.3 Å². The highest BCUT2D eigenvalue weighted by atomic mass is 32.2. The van der Waals surface area contributed by atoms with Crippen molar-refractivity contribution in [2.75, 3.05) is 17.3 Å². The van der Waals surface area contributed by atoms with Gasteiger partial charge in [0.1, 0.15) is 9.84 Å². The number of aromatic nitrogens is 2. The van der Waals surface area contributed by atoms with Gasteiger partial charge >= 0.3 is 0 Å². The second-order valence-electron chi connectivity index (χ2n) is 5.81. The Labute approximate surface area is 144 Å². The number of nitrogens with zero attached hydrogens (tertiary/aromatic N) is 1. The second-order valence-corrected chi connectivity index (χ2v) is 8.07. The highest BCUT2D eigenvalue weighted by Crippen LogP contribution is 2.23. The number of anilines is 1. The Balaban J connectivity index is 1.72. The molecule has 0 aliphatic heterocycles. The summed E-state index contributed by atoms with van der Waals surface area (Å²) in [6, 6.07) is 7.86. The first-order valence-corrected chi connectivity index (χ1v) is 9.66. The number of benzene rings is 1. The van der Waals surface area contributed by atoms with Gasteiger partial charge in [-0.25, -0.2) is 13.4 Å². The van der Waals surface area contributed by atoms with E-state index in [4.69, 9.17) is 10.2 Å². The minimum atomic E-state index is -3.16. The average Bonchev–Trinajstić information content (AvgIpc) is 3.20. The largest absolute Gasteiger partial charge is 0.461 e. The molecule has 1 unspecified atom stereocenters. The Kier molecular flexibility index (Phi) is 4.60. The number of nitrogens with two attached hydrogens (primary N) is 1. The lowest BCUT2D eigenvalue weighted by Crippen LogP contribution is -2.37. The third-order valence-electron chi connectivity index (χ3n) is 3.64. The van der Waals surface area contributed by atoms with Crippen molar-refractivity contribution in [2.45, 2.75) is 12.5 Å². The molecule has 0 saturated carbocycles. The van der Waals surface area contributed by atoms with Gasteiger partial charge in [-0.15, -0.1) is 0 Å². The van der Waals surface area contributed by atoms with Gasteiger partial charge in [0, 0.05) is 11.9 Å². The maximum atomic E-state index is 12.1. The van der Waals surface area contributed by atoms with Crippen LogP contribution in [0.3, 0.4) is 0 Å². The summed E-state index contributed by atoms with van der Waals surface area (Å²) in [5, 5.41) is 2.68. The number of H-pyrrole nitrogens is 1. The Morgan fingerprint density at radius 3 is 2.88 bits per heavy atom. The number of fused-ring (bicyclic) bond motifs is 1. The van der Waals surface area contributed by atoms with Crippen molar-refractivity contribution in [1.29, 1.82) is 0 Å². The number of aromatic amines is 1. The molecule has 3 aromatic rings. The van der Waals surface area contributed by atoms with Crippen LogP contribution >= 0.6 is 0 Å². The molecule has 0 spiro atoms. The van der Waals surface area contributed by atoms with E-state index in [9.17, 15) is 13.2 Å². The molecule has 1 amide bonds. The summed E-state index contributed by atoms with van der Waals surface area (Å²) in [5.74, 6) is 0.639. The van der Waals surface area contributed by atoms with Gasteiger partial charge in [0.15, 0.2) is 11.6 Å². The van der Waals surface area contributed by atoms with Gasteiger partial charge in [0.25, 0.3) is 0 Å². The predicted octanol–water partition coefficient (Wildman–Crippen LogP) is 1.52. The first-order chi connectivity index (χ1) is 11.8. The number of hydrogen-bond acceptors (Lipinski definition) is 6. The number of imidazole rings is 1. The maximum Gasteiger partial charge on any atom is 0.241 e. The standard InChI is InChI=1S/C16H18N4O4S/c1-25(22,23)8-6-11(17)16(21)18-10-4-5-12-13(9-10)20-15(19-12)14-3-2-7-24-14/h2-5,7,9,11H,6,8,17H2,1H3,(H,18,21)(H,19,20). The van der Waals surface area contributed by atoms with Crippen LogP contribution in [-0.4, -0.2) is 42.3 Å². The number of furan rings is 1. The van der Waals surface area contributed by atoms with Gasteiger partial charge in [0.05, 0.1) is 29.1 Å². The first kappa shape index (κ1) is 17.2. The normalized spacial score (nSPS) is 13.0. The van der Waals surface area contributed by atoms with E-state index in [1.807, 2.05) is 0 Å². The van der Waals surface area contributed by atoms with Crippen molar-refractivity contribution >= 4 is 32.5 Å². The molecule has 132 valence electrons. The average molecular weight is 362 g/mol. The molecule has 0 saturated heterocycles. The number of sulfone groups is 1. The third kappa shape index (κ3) is 4.25. The number of nitrogens with one attached hydrogen (secondary N) is 2. The summed E-state index contributed by atoms with van der Waals surface area (Å²) in [5.41, 5.74) is 7.75. The molecule has 4 N–H and O–H groups in total. The third-order valence-corrected chi connectivity index (χ3v) is 4.62. The fourth-order valence-electron chi connectivity index (χ4n) is 2.32. The molecule has 2 aromatic heterocycles. The van der Waals surface area contributed by atoms with Crippen molar-refractivity contribution in [3.8, 4) is 11.6 Å². The second kappa shape index (κ2) is 6.69. The van der Waals surface area contributed by atoms with Gasteiger partial charge in [0.2, 0.25) is 5.91 Å². The molecule has 25 heavy (non-hydrogen) atoms. The Morgan fingerprint density at radius 1 is 1.40 bits per heavy atom. The van der Waals surface area contributed by atoms with Gasteiger partial charge < -0.3 is 20.5 Å². The molecule has 1 aromatic carbocycles. The number of carbonyl (C=O) groups excluding carboxylic acids is 1. The van der Waals surface area contributed by atoms with Crippen molar-refractivity contribution in [3.63, 3.8) is 0 Å². The van der Waals surface area contributed by atoms with E-state index >= 15 is 0 Å². The quantitative estimate of drug-likeness (QED) is 0.609. The molecule has 0 aliphatic carbocycles. The van der Waals surface area contributed by atoms with Gasteiger partial charge in [-0.2, -0.15) is 0 Å². The summed E-state index contributed by atoms with van der Waals surface area (Å²) >= 11 is 0. The van der Waals surface area contributed by atoms with Crippen LogP contribution in [0.2, 0.25) is 0 Å². The molecule has 0 aliphatic rings. The number of carbonyl (C=O) groups is 1. The van der Waals surface area contributed by atoms with Crippen molar-refractivity contribution in [3.05, 3.63) is 36.6 Å². The lowest BCUT2D eigenvalue weighted by molar-refractivity contribution is -0.117. The number of amides is 1. The Morgan fingerprint density at radius 2 is 2.20 bits per heavy atom. The molecule has 3 rings (SSSR count). The zero-order valence-corrected chi connectivity index (χ0v) is 14.3. The SMILES string of the molecule is CS(=O)(=O)CCC(N)C(=O)Nc1ccc2nc(-c3ccco3)[nH]c2c1. The van der Waals surface area contributed by atoms with E-state index in [0.29, 0.717) is 17.3 Å². The smallest absolute Gasteiger partial charge is 0.241 e. The van der Waals surface area contributed by atoms with E-state index in [-0.39, 0.29) is 12.2 Å². The van der Waals surface area contributed by atoms with Crippen LogP contribution in [0, 0.1) is 0 Å². The van der Waals surface area contributed by atoms with Crippen molar-refractivity contribution in [2.24, 2.45) is 5.73 Å². The minimum absolute atomic E-state index is 0.0691. The van der Waals surface area contributed by atoms with Crippen LogP contribution in [0.15, 0.2) is 41.0 Å². The Bertz CT molecular complexity index is 992. The maximum absolute atomic E-state index is 12.1. The number of hydrogen-bond donors (Lipinski definition) is 3. The lowest BCUT2D eigenvalue weighted by Gasteiger charge is -2.11. The fraction of sp³-hybridized carbons (Fsp3) is 0.250. The fourth-order valence-corrected chi connectivity index (χ4v) is 3.01. The summed E-state index contributed by atoms with van der Waals surface area (Å²) in [7, 11) is -3.16. The van der Waals surface area contributed by atoms with Gasteiger partial charge in [-0.1, -0.05) is 0 Å². The van der Waals surface area contributed by atoms with Crippen LogP contribution in [0.4, 0.5) is 5.69 Å². The number of rotatable bonds is 6. The van der Waals surface area contributed by atoms with Gasteiger partial charge in [-0.05, 0) is 36.8 Å². The summed E-state index contributed by atoms with van der Waals surface area (Å²) in [6.45, 7) is 0. The van der Waals surface area contributed by atoms with Gasteiger partial charge in [-0.3, -0.25) is 4.79 Å². The molecular weight excluding hydrogens is 344 g/mol. The van der Waals surface area contributed by atoms with Crippen molar-refractivity contribution < 1.29 is 17.6 Å². The van der Waals surface area contributed by atoms with E-state index in [2.05, 4.69) is 15.3 Å². The molecule has 8 nitrogen and oxygen atoms in total. The first-order valence-electron chi connectivity index (χ1n) is 7.60. The summed E-state index contributed by atoms with van der Waals surface area (Å²) < 4.78 is 27.6. The molecule has 0 radical (unpaired) electrons. The zero-order chi connectivity index (χ0) is 18.0. The van der Waals surface area contributed by atoms with E-state index in [1.54, 1.807) is 36.6 Å². The Hall–Kier alpha value is -2.65. The topological polar surface area (TPSA) is 131 Å². The lowest BCUT2D eigenvalue weighted by atomic mass is 10.2. The molecule has 0 fully saturated rings. The molecule has 2 heterocycles. The van der Waals surface area contributed by atoms with Crippen LogP contribution in [0.1, 0.15) is 6.42 Å².